The third kappa shape index (κ3) is 9.21. The Morgan fingerprint density at radius 3 is 2.25 bits per heavy atom. The minimum atomic E-state index is -4.05. The number of esters is 1. The minimum Gasteiger partial charge on any atom is -0.462 e. The zero-order chi connectivity index (χ0) is 20.8. The highest BCUT2D eigenvalue weighted by atomic mass is 32.2. The molecule has 1 rings (SSSR count). The first-order valence-corrected chi connectivity index (χ1v) is 11.5. The summed E-state index contributed by atoms with van der Waals surface area (Å²) in [4.78, 5) is 23.4. The van der Waals surface area contributed by atoms with Crippen LogP contribution in [0.3, 0.4) is 0 Å². The number of benzene rings is 1. The lowest BCUT2D eigenvalue weighted by Crippen LogP contribution is -2.39. The molecule has 0 aliphatic heterocycles. The SMILES string of the molecule is CCCCCCCCCCOC(=O)c1cccc(S(=O)(=O)NC(=O)NCC)c1. The van der Waals surface area contributed by atoms with Crippen LogP contribution in [0.2, 0.25) is 0 Å². The zero-order valence-corrected chi connectivity index (χ0v) is 17.6. The molecular formula is C20H32N2O5S. The highest BCUT2D eigenvalue weighted by Crippen LogP contribution is 2.13. The van der Waals surface area contributed by atoms with Gasteiger partial charge in [0.15, 0.2) is 0 Å². The summed E-state index contributed by atoms with van der Waals surface area (Å²) in [5.74, 6) is -0.571. The Morgan fingerprint density at radius 2 is 1.61 bits per heavy atom. The van der Waals surface area contributed by atoms with Gasteiger partial charge in [-0.3, -0.25) is 0 Å². The normalized spacial score (nSPS) is 11.1. The van der Waals surface area contributed by atoms with Gasteiger partial charge in [-0.25, -0.2) is 22.7 Å². The van der Waals surface area contributed by atoms with E-state index in [4.69, 9.17) is 4.74 Å². The lowest BCUT2D eigenvalue weighted by Gasteiger charge is -2.09. The van der Waals surface area contributed by atoms with Crippen LogP contribution in [0.15, 0.2) is 29.2 Å². The summed E-state index contributed by atoms with van der Waals surface area (Å²) < 4.78 is 31.5. The van der Waals surface area contributed by atoms with Gasteiger partial charge in [-0.15, -0.1) is 0 Å². The molecule has 0 aliphatic rings. The number of urea groups is 1. The molecule has 2 amide bonds. The molecule has 0 atom stereocenters. The molecule has 0 spiro atoms. The Bertz CT molecular complexity index is 719. The molecule has 0 fully saturated rings. The van der Waals surface area contributed by atoms with Crippen molar-refractivity contribution in [3.8, 4) is 0 Å². The Hall–Kier alpha value is -2.09. The van der Waals surface area contributed by atoms with Crippen LogP contribution in [0.4, 0.5) is 4.79 Å². The average Bonchev–Trinajstić information content (AvgIpc) is 2.66. The van der Waals surface area contributed by atoms with E-state index in [-0.39, 0.29) is 10.5 Å². The summed E-state index contributed by atoms with van der Waals surface area (Å²) >= 11 is 0. The smallest absolute Gasteiger partial charge is 0.338 e. The molecule has 0 saturated heterocycles. The van der Waals surface area contributed by atoms with Crippen LogP contribution in [-0.4, -0.2) is 33.6 Å². The first-order valence-electron chi connectivity index (χ1n) is 9.98. The maximum atomic E-state index is 12.2. The van der Waals surface area contributed by atoms with E-state index in [9.17, 15) is 18.0 Å². The molecule has 0 radical (unpaired) electrons. The van der Waals surface area contributed by atoms with Gasteiger partial charge in [0.2, 0.25) is 0 Å². The van der Waals surface area contributed by atoms with Gasteiger partial charge >= 0.3 is 12.0 Å². The number of carbonyl (C=O) groups is 2. The third-order valence-corrected chi connectivity index (χ3v) is 5.50. The van der Waals surface area contributed by atoms with Crippen LogP contribution in [0.1, 0.15) is 75.6 Å². The van der Waals surface area contributed by atoms with Crippen LogP contribution >= 0.6 is 0 Å². The van der Waals surface area contributed by atoms with Crippen molar-refractivity contribution in [3.05, 3.63) is 29.8 Å². The molecule has 0 bridgehead atoms. The first kappa shape index (κ1) is 23.9. The van der Waals surface area contributed by atoms with E-state index in [2.05, 4.69) is 12.2 Å². The second-order valence-corrected chi connectivity index (χ2v) is 8.29. The van der Waals surface area contributed by atoms with Crippen LogP contribution in [0, 0.1) is 0 Å². The number of carbonyl (C=O) groups excluding carboxylic acids is 2. The van der Waals surface area contributed by atoms with Crippen LogP contribution < -0.4 is 10.0 Å². The number of unbranched alkanes of at least 4 members (excludes halogenated alkanes) is 7. The molecule has 0 aliphatic carbocycles. The Morgan fingerprint density at radius 1 is 0.964 bits per heavy atom. The van der Waals surface area contributed by atoms with E-state index in [1.807, 2.05) is 4.72 Å². The summed E-state index contributed by atoms with van der Waals surface area (Å²) in [7, 11) is -4.05. The lowest BCUT2D eigenvalue weighted by molar-refractivity contribution is 0.0497. The van der Waals surface area contributed by atoms with Crippen molar-refractivity contribution in [2.45, 2.75) is 70.1 Å². The molecule has 1 aromatic carbocycles. The number of ether oxygens (including phenoxy) is 1. The number of hydrogen-bond donors (Lipinski definition) is 2. The van der Waals surface area contributed by atoms with Gasteiger partial charge in [0, 0.05) is 6.54 Å². The van der Waals surface area contributed by atoms with Gasteiger partial charge < -0.3 is 10.1 Å². The van der Waals surface area contributed by atoms with E-state index in [1.165, 1.54) is 56.4 Å². The fraction of sp³-hybridized carbons (Fsp3) is 0.600. The largest absolute Gasteiger partial charge is 0.462 e. The van der Waals surface area contributed by atoms with E-state index in [0.717, 1.165) is 19.3 Å². The molecule has 0 unspecified atom stereocenters. The zero-order valence-electron chi connectivity index (χ0n) is 16.8. The number of amides is 2. The molecule has 0 aromatic heterocycles. The van der Waals surface area contributed by atoms with E-state index in [1.54, 1.807) is 6.92 Å². The summed E-state index contributed by atoms with van der Waals surface area (Å²) in [5, 5.41) is 2.35. The van der Waals surface area contributed by atoms with Crippen LogP contribution in [0.25, 0.3) is 0 Å². The Balaban J connectivity index is 2.44. The van der Waals surface area contributed by atoms with Crippen molar-refractivity contribution in [2.24, 2.45) is 0 Å². The minimum absolute atomic E-state index is 0.137. The van der Waals surface area contributed by atoms with Gasteiger partial charge in [-0.2, -0.15) is 0 Å². The maximum Gasteiger partial charge on any atom is 0.338 e. The van der Waals surface area contributed by atoms with E-state index in [0.29, 0.717) is 13.2 Å². The maximum absolute atomic E-state index is 12.2. The number of hydrogen-bond acceptors (Lipinski definition) is 5. The fourth-order valence-electron chi connectivity index (χ4n) is 2.65. The molecule has 0 saturated carbocycles. The fourth-order valence-corrected chi connectivity index (χ4v) is 3.63. The van der Waals surface area contributed by atoms with Crippen LogP contribution in [-0.2, 0) is 14.8 Å². The summed E-state index contributed by atoms with van der Waals surface area (Å²) in [6, 6.07) is 4.64. The van der Waals surface area contributed by atoms with Gasteiger partial charge in [0.25, 0.3) is 10.0 Å². The molecule has 2 N–H and O–H groups in total. The molecule has 7 nitrogen and oxygen atoms in total. The van der Waals surface area contributed by atoms with E-state index < -0.39 is 22.0 Å². The summed E-state index contributed by atoms with van der Waals surface area (Å²) in [5.41, 5.74) is 0.137. The van der Waals surface area contributed by atoms with Crippen molar-refractivity contribution in [3.63, 3.8) is 0 Å². The molecular weight excluding hydrogens is 380 g/mol. The van der Waals surface area contributed by atoms with Crippen molar-refractivity contribution >= 4 is 22.0 Å². The standard InChI is InChI=1S/C20H32N2O5S/c1-3-5-6-7-8-9-10-11-15-27-19(23)17-13-12-14-18(16-17)28(25,26)22-20(24)21-4-2/h12-14,16H,3-11,15H2,1-2H3,(H2,21,22,24). The molecule has 8 heteroatoms. The number of rotatable bonds is 13. The van der Waals surface area contributed by atoms with Crippen molar-refractivity contribution in [1.29, 1.82) is 0 Å². The highest BCUT2D eigenvalue weighted by molar-refractivity contribution is 7.90. The second-order valence-electron chi connectivity index (χ2n) is 6.60. The highest BCUT2D eigenvalue weighted by Gasteiger charge is 2.19. The summed E-state index contributed by atoms with van der Waals surface area (Å²) in [6.07, 6.45) is 9.16. The first-order chi connectivity index (χ1) is 13.4. The van der Waals surface area contributed by atoms with Crippen molar-refractivity contribution < 1.29 is 22.7 Å². The van der Waals surface area contributed by atoms with E-state index >= 15 is 0 Å². The monoisotopic (exact) mass is 412 g/mol. The van der Waals surface area contributed by atoms with Gasteiger partial charge in [-0.05, 0) is 31.5 Å². The summed E-state index contributed by atoms with van der Waals surface area (Å²) in [6.45, 7) is 4.48. The predicted octanol–water partition coefficient (Wildman–Crippen LogP) is 3.99. The molecule has 1 aromatic rings. The topological polar surface area (TPSA) is 102 Å². The van der Waals surface area contributed by atoms with Crippen LogP contribution in [0.5, 0.6) is 0 Å². The van der Waals surface area contributed by atoms with Crippen molar-refractivity contribution in [1.82, 2.24) is 10.0 Å². The average molecular weight is 413 g/mol. The number of nitrogens with one attached hydrogen (secondary N) is 2. The second kappa shape index (κ2) is 13.1. The lowest BCUT2D eigenvalue weighted by atomic mass is 10.1. The predicted molar refractivity (Wildman–Crippen MR) is 109 cm³/mol. The number of sulfonamides is 1. The van der Waals surface area contributed by atoms with Crippen molar-refractivity contribution in [2.75, 3.05) is 13.2 Å². The van der Waals surface area contributed by atoms with Gasteiger partial charge in [0.1, 0.15) is 0 Å². The molecule has 158 valence electrons. The Kier molecular flexibility index (Phi) is 11.2. The Labute approximate surface area is 168 Å². The quantitative estimate of drug-likeness (QED) is 0.377. The van der Waals surface area contributed by atoms with Gasteiger partial charge in [0.05, 0.1) is 17.1 Å². The third-order valence-electron chi connectivity index (χ3n) is 4.18. The molecule has 28 heavy (non-hydrogen) atoms. The van der Waals surface area contributed by atoms with Gasteiger partial charge in [-0.1, -0.05) is 57.9 Å². The molecule has 0 heterocycles.